The van der Waals surface area contributed by atoms with Gasteiger partial charge in [0, 0.05) is 39.3 Å². The lowest BCUT2D eigenvalue weighted by Crippen LogP contribution is -2.42. The van der Waals surface area contributed by atoms with Crippen molar-refractivity contribution in [1.29, 1.82) is 0 Å². The van der Waals surface area contributed by atoms with Crippen LogP contribution < -0.4 is 5.32 Å². The van der Waals surface area contributed by atoms with Gasteiger partial charge < -0.3 is 10.2 Å². The van der Waals surface area contributed by atoms with E-state index in [4.69, 9.17) is 0 Å². The molecule has 21 heavy (non-hydrogen) atoms. The van der Waals surface area contributed by atoms with E-state index in [1.807, 2.05) is 11.9 Å². The molecule has 2 saturated heterocycles. The maximum absolute atomic E-state index is 12.5. The van der Waals surface area contributed by atoms with Crippen LogP contribution in [0.25, 0.3) is 0 Å². The second-order valence-electron chi connectivity index (χ2n) is 6.30. The zero-order valence-electron chi connectivity index (χ0n) is 12.8. The molecule has 2 fully saturated rings. The molecule has 1 aromatic rings. The number of rotatable bonds is 4. The highest BCUT2D eigenvalue weighted by atomic mass is 16.2. The van der Waals surface area contributed by atoms with Crippen molar-refractivity contribution in [3.63, 3.8) is 0 Å². The molecule has 2 aliphatic heterocycles. The van der Waals surface area contributed by atoms with Crippen molar-refractivity contribution >= 4 is 5.91 Å². The third-order valence-corrected chi connectivity index (χ3v) is 4.80. The summed E-state index contributed by atoms with van der Waals surface area (Å²) in [7, 11) is 1.98. The van der Waals surface area contributed by atoms with Crippen molar-refractivity contribution in [3.8, 4) is 0 Å². The summed E-state index contributed by atoms with van der Waals surface area (Å²) < 4.78 is 0. The lowest BCUT2D eigenvalue weighted by atomic mass is 10.1. The molecule has 2 heterocycles. The van der Waals surface area contributed by atoms with E-state index in [2.05, 4.69) is 40.5 Å². The third kappa shape index (κ3) is 3.44. The van der Waals surface area contributed by atoms with Crippen LogP contribution in [-0.4, -0.2) is 55.0 Å². The van der Waals surface area contributed by atoms with Crippen molar-refractivity contribution in [3.05, 3.63) is 35.9 Å². The van der Waals surface area contributed by atoms with Gasteiger partial charge in [-0.3, -0.25) is 9.69 Å². The number of likely N-dealkylation sites (tertiary alicyclic amines) is 1. The molecule has 0 spiro atoms. The molecule has 3 rings (SSSR count). The summed E-state index contributed by atoms with van der Waals surface area (Å²) in [6, 6.07) is 11.0. The van der Waals surface area contributed by atoms with Crippen LogP contribution in [-0.2, 0) is 11.3 Å². The Hall–Kier alpha value is -1.39. The SMILES string of the molecule is CN(C(=O)C1CCNC1)C1CCN(Cc2ccccc2)C1. The molecule has 0 aliphatic carbocycles. The quantitative estimate of drug-likeness (QED) is 0.907. The van der Waals surface area contributed by atoms with E-state index in [0.29, 0.717) is 11.9 Å². The van der Waals surface area contributed by atoms with Crippen LogP contribution in [0.1, 0.15) is 18.4 Å². The lowest BCUT2D eigenvalue weighted by molar-refractivity contribution is -0.135. The lowest BCUT2D eigenvalue weighted by Gasteiger charge is -2.27. The van der Waals surface area contributed by atoms with Crippen LogP contribution in [0, 0.1) is 5.92 Å². The van der Waals surface area contributed by atoms with Gasteiger partial charge in [-0.2, -0.15) is 0 Å². The Morgan fingerprint density at radius 2 is 2.14 bits per heavy atom. The molecule has 4 heteroatoms. The van der Waals surface area contributed by atoms with E-state index >= 15 is 0 Å². The van der Waals surface area contributed by atoms with E-state index in [1.165, 1.54) is 5.56 Å². The van der Waals surface area contributed by atoms with Gasteiger partial charge in [0.2, 0.25) is 5.91 Å². The Morgan fingerprint density at radius 1 is 1.33 bits per heavy atom. The maximum Gasteiger partial charge on any atom is 0.227 e. The van der Waals surface area contributed by atoms with Crippen LogP contribution in [0.3, 0.4) is 0 Å². The van der Waals surface area contributed by atoms with Crippen LogP contribution in [0.4, 0.5) is 0 Å². The zero-order valence-corrected chi connectivity index (χ0v) is 12.8. The predicted molar refractivity (Wildman–Crippen MR) is 83.9 cm³/mol. The van der Waals surface area contributed by atoms with Crippen LogP contribution in [0.2, 0.25) is 0 Å². The minimum absolute atomic E-state index is 0.193. The summed E-state index contributed by atoms with van der Waals surface area (Å²) >= 11 is 0. The number of carbonyl (C=O) groups is 1. The third-order valence-electron chi connectivity index (χ3n) is 4.80. The van der Waals surface area contributed by atoms with Gasteiger partial charge in [-0.15, -0.1) is 0 Å². The Balaban J connectivity index is 1.52. The van der Waals surface area contributed by atoms with Gasteiger partial charge in [0.05, 0.1) is 5.92 Å². The average Bonchev–Trinajstić information content (AvgIpc) is 3.18. The molecular formula is C17H25N3O. The molecule has 0 radical (unpaired) electrons. The van der Waals surface area contributed by atoms with Gasteiger partial charge in [-0.1, -0.05) is 30.3 Å². The Kier molecular flexibility index (Phi) is 4.56. The summed E-state index contributed by atoms with van der Waals surface area (Å²) in [6.45, 7) is 4.90. The fourth-order valence-corrected chi connectivity index (χ4v) is 3.45. The molecule has 0 saturated carbocycles. The van der Waals surface area contributed by atoms with Crippen molar-refractivity contribution < 1.29 is 4.79 Å². The second kappa shape index (κ2) is 6.58. The van der Waals surface area contributed by atoms with Crippen molar-refractivity contribution in [2.45, 2.75) is 25.4 Å². The minimum atomic E-state index is 0.193. The monoisotopic (exact) mass is 287 g/mol. The van der Waals surface area contributed by atoms with E-state index in [0.717, 1.165) is 45.6 Å². The van der Waals surface area contributed by atoms with Crippen LogP contribution in [0.15, 0.2) is 30.3 Å². The smallest absolute Gasteiger partial charge is 0.227 e. The van der Waals surface area contributed by atoms with E-state index in [1.54, 1.807) is 0 Å². The van der Waals surface area contributed by atoms with Crippen LogP contribution in [0.5, 0.6) is 0 Å². The highest BCUT2D eigenvalue weighted by Crippen LogP contribution is 2.20. The Bertz CT molecular complexity index is 470. The first-order valence-corrected chi connectivity index (χ1v) is 7.97. The molecule has 1 aromatic carbocycles. The second-order valence-corrected chi connectivity index (χ2v) is 6.30. The molecule has 2 atom stereocenters. The Morgan fingerprint density at radius 3 is 2.86 bits per heavy atom. The van der Waals surface area contributed by atoms with Gasteiger partial charge in [-0.25, -0.2) is 0 Å². The molecular weight excluding hydrogens is 262 g/mol. The van der Waals surface area contributed by atoms with Crippen molar-refractivity contribution in [2.24, 2.45) is 5.92 Å². The number of carbonyl (C=O) groups excluding carboxylic acids is 1. The number of hydrogen-bond donors (Lipinski definition) is 1. The standard InChI is InChI=1S/C17H25N3O/c1-19(17(21)15-7-9-18-11-15)16-8-10-20(13-16)12-14-5-3-2-4-6-14/h2-6,15-16,18H,7-13H2,1H3. The summed E-state index contributed by atoms with van der Waals surface area (Å²) in [5.74, 6) is 0.518. The normalized spacial score (nSPS) is 26.1. The zero-order chi connectivity index (χ0) is 14.7. The highest BCUT2D eigenvalue weighted by molar-refractivity contribution is 5.79. The number of hydrogen-bond acceptors (Lipinski definition) is 3. The van der Waals surface area contributed by atoms with Crippen molar-refractivity contribution in [2.75, 3.05) is 33.2 Å². The molecule has 1 N–H and O–H groups in total. The summed E-state index contributed by atoms with van der Waals surface area (Å²) in [6.07, 6.45) is 2.08. The first kappa shape index (κ1) is 14.5. The van der Waals surface area contributed by atoms with E-state index in [-0.39, 0.29) is 5.92 Å². The molecule has 2 unspecified atom stereocenters. The Labute approximate surface area is 127 Å². The number of benzene rings is 1. The minimum Gasteiger partial charge on any atom is -0.341 e. The first-order valence-electron chi connectivity index (χ1n) is 7.97. The van der Waals surface area contributed by atoms with Crippen molar-refractivity contribution in [1.82, 2.24) is 15.1 Å². The molecule has 0 aromatic heterocycles. The molecule has 4 nitrogen and oxygen atoms in total. The molecule has 2 aliphatic rings. The van der Waals surface area contributed by atoms with Gasteiger partial charge in [0.1, 0.15) is 0 Å². The fraction of sp³-hybridized carbons (Fsp3) is 0.588. The number of nitrogens with zero attached hydrogens (tertiary/aromatic N) is 2. The topological polar surface area (TPSA) is 35.6 Å². The van der Waals surface area contributed by atoms with Gasteiger partial charge in [0.25, 0.3) is 0 Å². The summed E-state index contributed by atoms with van der Waals surface area (Å²) in [4.78, 5) is 16.9. The number of amides is 1. The average molecular weight is 287 g/mol. The largest absolute Gasteiger partial charge is 0.341 e. The maximum atomic E-state index is 12.5. The van der Waals surface area contributed by atoms with E-state index in [9.17, 15) is 4.79 Å². The fourth-order valence-electron chi connectivity index (χ4n) is 3.45. The van der Waals surface area contributed by atoms with Gasteiger partial charge in [-0.05, 0) is 24.9 Å². The van der Waals surface area contributed by atoms with Gasteiger partial charge >= 0.3 is 0 Å². The molecule has 114 valence electrons. The number of nitrogens with one attached hydrogen (secondary N) is 1. The van der Waals surface area contributed by atoms with Crippen LogP contribution >= 0.6 is 0 Å². The summed E-state index contributed by atoms with van der Waals surface area (Å²) in [5.41, 5.74) is 1.35. The van der Waals surface area contributed by atoms with E-state index < -0.39 is 0 Å². The molecule has 0 bridgehead atoms. The number of likely N-dealkylation sites (N-methyl/N-ethyl adjacent to an activating group) is 1. The molecule has 1 amide bonds. The van der Waals surface area contributed by atoms with Gasteiger partial charge in [0.15, 0.2) is 0 Å². The summed E-state index contributed by atoms with van der Waals surface area (Å²) in [5, 5.41) is 3.28. The first-order chi connectivity index (χ1) is 10.2. The predicted octanol–water partition coefficient (Wildman–Crippen LogP) is 1.33. The highest BCUT2D eigenvalue weighted by Gasteiger charge is 2.32.